The van der Waals surface area contributed by atoms with Crippen LogP contribution in [0.3, 0.4) is 0 Å². The number of rotatable bonds is 3. The minimum atomic E-state index is 0.443. The predicted molar refractivity (Wildman–Crippen MR) is 76.9 cm³/mol. The van der Waals surface area contributed by atoms with Gasteiger partial charge in [-0.3, -0.25) is 0 Å². The van der Waals surface area contributed by atoms with Crippen molar-refractivity contribution in [2.75, 3.05) is 20.0 Å². The van der Waals surface area contributed by atoms with E-state index in [0.717, 1.165) is 16.8 Å². The number of ether oxygens (including phenoxy) is 2. The fourth-order valence-corrected chi connectivity index (χ4v) is 2.29. The minimum absolute atomic E-state index is 0.443. The highest BCUT2D eigenvalue weighted by molar-refractivity contribution is 6.34. The zero-order valence-corrected chi connectivity index (χ0v) is 11.8. The lowest BCUT2D eigenvalue weighted by Crippen LogP contribution is -1.97. The van der Waals surface area contributed by atoms with Gasteiger partial charge in [-0.15, -0.1) is 0 Å². The number of hydrogen-bond acceptors (Lipinski definition) is 4. The third-order valence-corrected chi connectivity index (χ3v) is 3.24. The molecule has 2 N–H and O–H groups in total. The van der Waals surface area contributed by atoms with Gasteiger partial charge in [0.05, 0.1) is 14.2 Å². The van der Waals surface area contributed by atoms with Crippen LogP contribution in [0.4, 0.5) is 5.82 Å². The SMILES string of the molecule is COc1ccc(-c2ccc(N)nc2C)c(OC)c1Cl. The van der Waals surface area contributed by atoms with Crippen molar-refractivity contribution in [3.8, 4) is 22.6 Å². The highest BCUT2D eigenvalue weighted by Gasteiger charge is 2.16. The molecule has 0 radical (unpaired) electrons. The Morgan fingerprint density at radius 2 is 1.74 bits per heavy atom. The number of nitrogens with two attached hydrogens (primary N) is 1. The normalized spacial score (nSPS) is 10.3. The maximum atomic E-state index is 6.25. The maximum absolute atomic E-state index is 6.25. The summed E-state index contributed by atoms with van der Waals surface area (Å²) in [4.78, 5) is 4.25. The Hall–Kier alpha value is -1.94. The number of nitrogens with zero attached hydrogens (tertiary/aromatic N) is 1. The molecule has 0 amide bonds. The number of halogens is 1. The average Bonchev–Trinajstić information content (AvgIpc) is 2.38. The molecule has 0 atom stereocenters. The number of benzene rings is 1. The van der Waals surface area contributed by atoms with Crippen molar-refractivity contribution >= 4 is 17.4 Å². The Morgan fingerprint density at radius 3 is 2.32 bits per heavy atom. The smallest absolute Gasteiger partial charge is 0.149 e. The lowest BCUT2D eigenvalue weighted by atomic mass is 10.0. The minimum Gasteiger partial charge on any atom is -0.495 e. The van der Waals surface area contributed by atoms with E-state index in [1.165, 1.54) is 0 Å². The van der Waals surface area contributed by atoms with Crippen molar-refractivity contribution in [3.63, 3.8) is 0 Å². The Morgan fingerprint density at radius 1 is 1.05 bits per heavy atom. The second kappa shape index (κ2) is 5.36. The van der Waals surface area contributed by atoms with Crippen molar-refractivity contribution in [1.82, 2.24) is 4.98 Å². The molecule has 5 heteroatoms. The molecule has 100 valence electrons. The van der Waals surface area contributed by atoms with Gasteiger partial charge in [-0.1, -0.05) is 11.6 Å². The molecule has 2 aromatic rings. The molecule has 0 aliphatic rings. The third kappa shape index (κ3) is 2.44. The molecule has 0 unspecified atom stereocenters. The van der Waals surface area contributed by atoms with Crippen molar-refractivity contribution in [1.29, 1.82) is 0 Å². The van der Waals surface area contributed by atoms with Crippen LogP contribution in [0.2, 0.25) is 5.02 Å². The molecule has 4 nitrogen and oxygen atoms in total. The Kier molecular flexibility index (Phi) is 3.81. The van der Waals surface area contributed by atoms with Crippen LogP contribution in [0.25, 0.3) is 11.1 Å². The number of pyridine rings is 1. The van der Waals surface area contributed by atoms with E-state index in [0.29, 0.717) is 22.3 Å². The van der Waals surface area contributed by atoms with Crippen LogP contribution in [0.5, 0.6) is 11.5 Å². The summed E-state index contributed by atoms with van der Waals surface area (Å²) < 4.78 is 10.6. The number of anilines is 1. The zero-order valence-electron chi connectivity index (χ0n) is 11.0. The van der Waals surface area contributed by atoms with E-state index in [-0.39, 0.29) is 0 Å². The summed E-state index contributed by atoms with van der Waals surface area (Å²) in [6.07, 6.45) is 0. The number of hydrogen-bond donors (Lipinski definition) is 1. The summed E-state index contributed by atoms with van der Waals surface area (Å²) in [5.74, 6) is 1.62. The summed E-state index contributed by atoms with van der Waals surface area (Å²) in [5.41, 5.74) is 8.27. The molecule has 0 saturated carbocycles. The first-order valence-electron chi connectivity index (χ1n) is 5.72. The highest BCUT2D eigenvalue weighted by Crippen LogP contribution is 2.42. The van der Waals surface area contributed by atoms with Crippen LogP contribution in [0, 0.1) is 6.92 Å². The summed E-state index contributed by atoms with van der Waals surface area (Å²) in [6.45, 7) is 1.89. The Labute approximate surface area is 117 Å². The Bertz CT molecular complexity index is 615. The molecule has 0 fully saturated rings. The molecule has 1 aromatic heterocycles. The van der Waals surface area contributed by atoms with Gasteiger partial charge in [0.1, 0.15) is 22.3 Å². The van der Waals surface area contributed by atoms with E-state index in [1.807, 2.05) is 19.1 Å². The van der Waals surface area contributed by atoms with Crippen LogP contribution < -0.4 is 15.2 Å². The quantitative estimate of drug-likeness (QED) is 0.936. The van der Waals surface area contributed by atoms with Crippen LogP contribution in [0.15, 0.2) is 24.3 Å². The largest absolute Gasteiger partial charge is 0.495 e. The first kappa shape index (κ1) is 13.5. The number of methoxy groups -OCH3 is 2. The number of aryl methyl sites for hydroxylation is 1. The monoisotopic (exact) mass is 278 g/mol. The van der Waals surface area contributed by atoms with Gasteiger partial charge in [-0.2, -0.15) is 0 Å². The molecular formula is C14H15ClN2O2. The van der Waals surface area contributed by atoms with Gasteiger partial charge in [0.15, 0.2) is 0 Å². The maximum Gasteiger partial charge on any atom is 0.149 e. The highest BCUT2D eigenvalue weighted by atomic mass is 35.5. The summed E-state index contributed by atoms with van der Waals surface area (Å²) in [7, 11) is 3.14. The summed E-state index contributed by atoms with van der Waals surface area (Å²) >= 11 is 6.25. The van der Waals surface area contributed by atoms with E-state index < -0.39 is 0 Å². The zero-order chi connectivity index (χ0) is 14.0. The number of aromatic nitrogens is 1. The molecule has 19 heavy (non-hydrogen) atoms. The summed E-state index contributed by atoms with van der Waals surface area (Å²) in [5, 5.41) is 0.443. The third-order valence-electron chi connectivity index (χ3n) is 2.88. The average molecular weight is 279 g/mol. The van der Waals surface area contributed by atoms with E-state index in [2.05, 4.69) is 4.98 Å². The molecule has 0 aliphatic heterocycles. The van der Waals surface area contributed by atoms with Crippen molar-refractivity contribution in [3.05, 3.63) is 35.0 Å². The van der Waals surface area contributed by atoms with Crippen molar-refractivity contribution in [2.24, 2.45) is 0 Å². The molecule has 0 saturated heterocycles. The van der Waals surface area contributed by atoms with Gasteiger partial charge in [0.2, 0.25) is 0 Å². The molecule has 0 aliphatic carbocycles. The van der Waals surface area contributed by atoms with Gasteiger partial charge in [0, 0.05) is 16.8 Å². The van der Waals surface area contributed by atoms with E-state index in [4.69, 9.17) is 26.8 Å². The van der Waals surface area contributed by atoms with Gasteiger partial charge < -0.3 is 15.2 Å². The van der Waals surface area contributed by atoms with Crippen LogP contribution in [-0.4, -0.2) is 19.2 Å². The van der Waals surface area contributed by atoms with Crippen LogP contribution in [-0.2, 0) is 0 Å². The predicted octanol–water partition coefficient (Wildman–Crippen LogP) is 3.31. The lowest BCUT2D eigenvalue weighted by Gasteiger charge is -2.14. The number of nitrogen functional groups attached to an aromatic ring is 1. The second-order valence-corrected chi connectivity index (χ2v) is 4.41. The molecule has 0 spiro atoms. The fourth-order valence-electron chi connectivity index (χ4n) is 1.97. The van der Waals surface area contributed by atoms with E-state index in [1.54, 1.807) is 26.4 Å². The van der Waals surface area contributed by atoms with Crippen molar-refractivity contribution in [2.45, 2.75) is 6.92 Å². The molecule has 0 bridgehead atoms. The standard InChI is InChI=1S/C14H15ClN2O2/c1-8-9(5-7-12(16)17-8)10-4-6-11(18-2)13(15)14(10)19-3/h4-7H,1-3H3,(H2,16,17). The summed E-state index contributed by atoms with van der Waals surface area (Å²) in [6, 6.07) is 7.35. The van der Waals surface area contributed by atoms with Crippen molar-refractivity contribution < 1.29 is 9.47 Å². The van der Waals surface area contributed by atoms with E-state index >= 15 is 0 Å². The fraction of sp³-hybridized carbons (Fsp3) is 0.214. The van der Waals surface area contributed by atoms with E-state index in [9.17, 15) is 0 Å². The van der Waals surface area contributed by atoms with Crippen LogP contribution >= 0.6 is 11.6 Å². The molecule has 1 aromatic carbocycles. The van der Waals surface area contributed by atoms with Crippen LogP contribution in [0.1, 0.15) is 5.69 Å². The molecule has 1 heterocycles. The molecular weight excluding hydrogens is 264 g/mol. The van der Waals surface area contributed by atoms with Gasteiger partial charge in [-0.05, 0) is 31.2 Å². The van der Waals surface area contributed by atoms with Gasteiger partial charge >= 0.3 is 0 Å². The molecule has 2 rings (SSSR count). The van der Waals surface area contributed by atoms with Gasteiger partial charge in [0.25, 0.3) is 0 Å². The lowest BCUT2D eigenvalue weighted by molar-refractivity contribution is 0.396. The van der Waals surface area contributed by atoms with Gasteiger partial charge in [-0.25, -0.2) is 4.98 Å². The Balaban J connectivity index is 2.65. The first-order chi connectivity index (χ1) is 9.08. The second-order valence-electron chi connectivity index (χ2n) is 4.03. The first-order valence-corrected chi connectivity index (χ1v) is 6.10. The topological polar surface area (TPSA) is 57.4 Å².